The van der Waals surface area contributed by atoms with E-state index in [1.807, 2.05) is 10.9 Å². The maximum atomic E-state index is 4.55. The van der Waals surface area contributed by atoms with Gasteiger partial charge in [-0.25, -0.2) is 0 Å². The van der Waals surface area contributed by atoms with Crippen molar-refractivity contribution < 1.29 is 0 Å². The standard InChI is InChI=1S/C10H17BrN2/c1-7(2)13-6-8(11)9(12-13)10(3,4)5/h6-7H,1-5H3. The Kier molecular flexibility index (Phi) is 2.85. The fourth-order valence-electron chi connectivity index (χ4n) is 1.14. The van der Waals surface area contributed by atoms with Crippen LogP contribution in [0.15, 0.2) is 10.7 Å². The van der Waals surface area contributed by atoms with Gasteiger partial charge in [0.15, 0.2) is 0 Å². The van der Waals surface area contributed by atoms with Gasteiger partial charge in [-0.1, -0.05) is 20.8 Å². The van der Waals surface area contributed by atoms with E-state index in [4.69, 9.17) is 0 Å². The fraction of sp³-hybridized carbons (Fsp3) is 0.700. The monoisotopic (exact) mass is 244 g/mol. The summed E-state index contributed by atoms with van der Waals surface area (Å²) in [6, 6.07) is 0.424. The van der Waals surface area contributed by atoms with Crippen LogP contribution in [0.2, 0.25) is 0 Å². The summed E-state index contributed by atoms with van der Waals surface area (Å²) in [5.41, 5.74) is 1.24. The normalized spacial score (nSPS) is 12.5. The van der Waals surface area contributed by atoms with Crippen molar-refractivity contribution in [3.63, 3.8) is 0 Å². The van der Waals surface area contributed by atoms with Crippen molar-refractivity contribution in [1.82, 2.24) is 9.78 Å². The average Bonchev–Trinajstić information content (AvgIpc) is 2.29. The fourth-order valence-corrected chi connectivity index (χ4v) is 2.03. The Hall–Kier alpha value is -0.310. The van der Waals surface area contributed by atoms with Crippen molar-refractivity contribution in [2.24, 2.45) is 0 Å². The molecule has 0 radical (unpaired) electrons. The minimum Gasteiger partial charge on any atom is -0.269 e. The summed E-state index contributed by atoms with van der Waals surface area (Å²) in [4.78, 5) is 0. The van der Waals surface area contributed by atoms with Crippen molar-refractivity contribution in [3.05, 3.63) is 16.4 Å². The van der Waals surface area contributed by atoms with Crippen LogP contribution in [-0.2, 0) is 5.41 Å². The maximum Gasteiger partial charge on any atom is 0.0820 e. The van der Waals surface area contributed by atoms with Crippen LogP contribution in [0.3, 0.4) is 0 Å². The van der Waals surface area contributed by atoms with Gasteiger partial charge >= 0.3 is 0 Å². The summed E-state index contributed by atoms with van der Waals surface area (Å²) in [5, 5.41) is 4.55. The van der Waals surface area contributed by atoms with Crippen molar-refractivity contribution in [3.8, 4) is 0 Å². The molecule has 1 heterocycles. The Morgan fingerprint density at radius 1 is 1.38 bits per heavy atom. The minimum atomic E-state index is 0.110. The van der Waals surface area contributed by atoms with Gasteiger partial charge in [0, 0.05) is 17.7 Å². The van der Waals surface area contributed by atoms with Gasteiger partial charge in [-0.2, -0.15) is 5.10 Å². The average molecular weight is 245 g/mol. The van der Waals surface area contributed by atoms with Crippen molar-refractivity contribution >= 4 is 15.9 Å². The molecule has 1 aromatic rings. The molecule has 0 unspecified atom stereocenters. The molecular formula is C10H17BrN2. The molecule has 0 aliphatic heterocycles. The number of hydrogen-bond acceptors (Lipinski definition) is 1. The number of nitrogens with zero attached hydrogens (tertiary/aromatic N) is 2. The Morgan fingerprint density at radius 2 is 1.92 bits per heavy atom. The van der Waals surface area contributed by atoms with Crippen LogP contribution in [0.1, 0.15) is 46.4 Å². The Labute approximate surface area is 88.5 Å². The Bertz CT molecular complexity index is 294. The van der Waals surface area contributed by atoms with Crippen LogP contribution in [0, 0.1) is 0 Å². The first-order chi connectivity index (χ1) is 5.82. The molecule has 2 nitrogen and oxygen atoms in total. The Balaban J connectivity index is 3.11. The lowest BCUT2D eigenvalue weighted by Crippen LogP contribution is -2.14. The van der Waals surface area contributed by atoms with Crippen LogP contribution < -0.4 is 0 Å². The molecule has 0 atom stereocenters. The first-order valence-electron chi connectivity index (χ1n) is 4.57. The molecule has 3 heteroatoms. The van der Waals surface area contributed by atoms with Gasteiger partial charge in [-0.3, -0.25) is 4.68 Å². The predicted octanol–water partition coefficient (Wildman–Crippen LogP) is 3.52. The van der Waals surface area contributed by atoms with E-state index < -0.39 is 0 Å². The lowest BCUT2D eigenvalue weighted by Gasteiger charge is -2.15. The number of halogens is 1. The summed E-state index contributed by atoms with van der Waals surface area (Å²) in [6.07, 6.45) is 2.05. The molecule has 0 aliphatic carbocycles. The lowest BCUT2D eigenvalue weighted by atomic mass is 9.93. The van der Waals surface area contributed by atoms with Gasteiger partial charge in [0.1, 0.15) is 0 Å². The summed E-state index contributed by atoms with van der Waals surface area (Å²) >= 11 is 3.54. The van der Waals surface area contributed by atoms with Crippen LogP contribution >= 0.6 is 15.9 Å². The highest BCUT2D eigenvalue weighted by atomic mass is 79.9. The highest BCUT2D eigenvalue weighted by molar-refractivity contribution is 9.10. The summed E-state index contributed by atoms with van der Waals surface area (Å²) in [5.74, 6) is 0. The summed E-state index contributed by atoms with van der Waals surface area (Å²) in [6.45, 7) is 10.8. The molecule has 1 aromatic heterocycles. The van der Waals surface area contributed by atoms with Crippen LogP contribution in [0.5, 0.6) is 0 Å². The van der Waals surface area contributed by atoms with Gasteiger partial charge in [0.25, 0.3) is 0 Å². The highest BCUT2D eigenvalue weighted by Gasteiger charge is 2.21. The van der Waals surface area contributed by atoms with E-state index in [-0.39, 0.29) is 5.41 Å². The topological polar surface area (TPSA) is 17.8 Å². The van der Waals surface area contributed by atoms with Gasteiger partial charge in [0.05, 0.1) is 10.2 Å². The highest BCUT2D eigenvalue weighted by Crippen LogP contribution is 2.28. The van der Waals surface area contributed by atoms with E-state index in [9.17, 15) is 0 Å². The zero-order valence-corrected chi connectivity index (χ0v) is 10.5. The third-order valence-corrected chi connectivity index (χ3v) is 2.51. The van der Waals surface area contributed by atoms with Gasteiger partial charge in [0.2, 0.25) is 0 Å². The van der Waals surface area contributed by atoms with Crippen molar-refractivity contribution in [1.29, 1.82) is 0 Å². The minimum absolute atomic E-state index is 0.110. The molecule has 0 bridgehead atoms. The molecule has 0 saturated carbocycles. The number of aromatic nitrogens is 2. The van der Waals surface area contributed by atoms with Crippen molar-refractivity contribution in [2.75, 3.05) is 0 Å². The second-order valence-corrected chi connectivity index (χ2v) is 5.50. The molecule has 0 spiro atoms. The first-order valence-corrected chi connectivity index (χ1v) is 5.37. The number of rotatable bonds is 1. The quantitative estimate of drug-likeness (QED) is 0.740. The molecule has 0 aromatic carbocycles. The second-order valence-electron chi connectivity index (χ2n) is 4.65. The van der Waals surface area contributed by atoms with E-state index in [2.05, 4.69) is 55.6 Å². The molecule has 0 saturated heterocycles. The lowest BCUT2D eigenvalue weighted by molar-refractivity contribution is 0.495. The van der Waals surface area contributed by atoms with E-state index in [0.717, 1.165) is 10.2 Å². The van der Waals surface area contributed by atoms with Gasteiger partial charge < -0.3 is 0 Å². The molecule has 74 valence electrons. The van der Waals surface area contributed by atoms with E-state index in [1.165, 1.54) is 0 Å². The van der Waals surface area contributed by atoms with Crippen molar-refractivity contribution in [2.45, 2.75) is 46.1 Å². The van der Waals surface area contributed by atoms with E-state index in [0.29, 0.717) is 6.04 Å². The molecule has 0 aliphatic rings. The molecule has 1 rings (SSSR count). The zero-order chi connectivity index (χ0) is 10.2. The van der Waals surface area contributed by atoms with Crippen LogP contribution in [0.4, 0.5) is 0 Å². The third kappa shape index (κ3) is 2.33. The second kappa shape index (κ2) is 3.45. The summed E-state index contributed by atoms with van der Waals surface area (Å²) in [7, 11) is 0. The molecule has 13 heavy (non-hydrogen) atoms. The van der Waals surface area contributed by atoms with E-state index >= 15 is 0 Å². The van der Waals surface area contributed by atoms with E-state index in [1.54, 1.807) is 0 Å². The van der Waals surface area contributed by atoms with Gasteiger partial charge in [-0.15, -0.1) is 0 Å². The predicted molar refractivity (Wildman–Crippen MR) is 59.0 cm³/mol. The van der Waals surface area contributed by atoms with Crippen LogP contribution in [-0.4, -0.2) is 9.78 Å². The molecule has 0 fully saturated rings. The zero-order valence-electron chi connectivity index (χ0n) is 8.93. The largest absolute Gasteiger partial charge is 0.269 e. The van der Waals surface area contributed by atoms with Gasteiger partial charge in [-0.05, 0) is 29.8 Å². The molecule has 0 amide bonds. The molecule has 0 N–H and O–H groups in total. The Morgan fingerprint density at radius 3 is 2.15 bits per heavy atom. The maximum absolute atomic E-state index is 4.55. The van der Waals surface area contributed by atoms with Crippen LogP contribution in [0.25, 0.3) is 0 Å². The first kappa shape index (κ1) is 10.8. The SMILES string of the molecule is CC(C)n1cc(Br)c(C(C)(C)C)n1. The molecular weight excluding hydrogens is 228 g/mol. The third-order valence-electron chi connectivity index (χ3n) is 1.93. The number of hydrogen-bond donors (Lipinski definition) is 0. The smallest absolute Gasteiger partial charge is 0.0820 e. The summed E-state index contributed by atoms with van der Waals surface area (Å²) < 4.78 is 3.10.